The predicted octanol–water partition coefficient (Wildman–Crippen LogP) is 4.10. The number of hydrogen-bond donors (Lipinski definition) is 0. The molecule has 0 amide bonds. The Bertz CT molecular complexity index is 1190. The molecule has 1 fully saturated rings. The number of para-hydroxylation sites is 1. The van der Waals surface area contributed by atoms with Crippen molar-refractivity contribution in [2.24, 2.45) is 5.92 Å². The maximum Gasteiger partial charge on any atom is 0.153 e. The number of nitrogens with zero attached hydrogens (tertiary/aromatic N) is 4. The van der Waals surface area contributed by atoms with Crippen LogP contribution in [-0.4, -0.2) is 52.9 Å². The molecular formula is C26H28N4O2. The third-order valence-electron chi connectivity index (χ3n) is 5.98. The first-order valence-electron chi connectivity index (χ1n) is 11.1. The zero-order valence-electron chi connectivity index (χ0n) is 18.4. The molecule has 0 spiro atoms. The van der Waals surface area contributed by atoms with Gasteiger partial charge in [-0.25, -0.2) is 9.50 Å². The topological polar surface area (TPSA) is 51.9 Å². The van der Waals surface area contributed by atoms with Gasteiger partial charge in [0, 0.05) is 43.5 Å². The molecule has 1 saturated heterocycles. The molecule has 1 aliphatic rings. The van der Waals surface area contributed by atoms with Crippen LogP contribution < -0.4 is 4.74 Å². The number of hydrogen-bond acceptors (Lipinski definition) is 5. The monoisotopic (exact) mass is 428 g/mol. The molecule has 0 aliphatic carbocycles. The number of ether oxygens (including phenoxy) is 2. The number of rotatable bonds is 6. The van der Waals surface area contributed by atoms with E-state index in [4.69, 9.17) is 14.6 Å². The maximum absolute atomic E-state index is 5.94. The average molecular weight is 429 g/mol. The minimum absolute atomic E-state index is 0.406. The van der Waals surface area contributed by atoms with Crippen LogP contribution in [0, 0.1) is 5.92 Å². The molecule has 0 N–H and O–H groups in total. The van der Waals surface area contributed by atoms with Crippen LogP contribution in [0.3, 0.4) is 0 Å². The Balaban J connectivity index is 1.29. The minimum atomic E-state index is 0.406. The van der Waals surface area contributed by atoms with Crippen molar-refractivity contribution < 1.29 is 9.47 Å². The number of aromatic nitrogens is 3. The second-order valence-electron chi connectivity index (χ2n) is 8.34. The summed E-state index contributed by atoms with van der Waals surface area (Å²) in [5.41, 5.74) is 5.55. The van der Waals surface area contributed by atoms with E-state index in [9.17, 15) is 0 Å². The third-order valence-corrected chi connectivity index (χ3v) is 5.98. The summed E-state index contributed by atoms with van der Waals surface area (Å²) in [6, 6.07) is 21.0. The quantitative estimate of drug-likeness (QED) is 0.463. The van der Waals surface area contributed by atoms with E-state index >= 15 is 0 Å². The van der Waals surface area contributed by atoms with Gasteiger partial charge in [0.05, 0.1) is 26.0 Å². The van der Waals surface area contributed by atoms with Crippen molar-refractivity contribution in [2.75, 3.05) is 33.4 Å². The lowest BCUT2D eigenvalue weighted by molar-refractivity contribution is 0.121. The molecule has 2 aromatic heterocycles. The van der Waals surface area contributed by atoms with Crippen LogP contribution >= 0.6 is 0 Å². The van der Waals surface area contributed by atoms with Crippen LogP contribution in [0.15, 0.2) is 73.1 Å². The van der Waals surface area contributed by atoms with E-state index in [2.05, 4.69) is 52.3 Å². The Morgan fingerprint density at radius 3 is 2.97 bits per heavy atom. The minimum Gasteiger partial charge on any atom is -0.496 e. The summed E-state index contributed by atoms with van der Waals surface area (Å²) in [6.45, 7) is 4.35. The molecule has 1 aliphatic heterocycles. The van der Waals surface area contributed by atoms with Crippen molar-refractivity contribution >= 4 is 5.65 Å². The van der Waals surface area contributed by atoms with Crippen LogP contribution in [0.5, 0.6) is 5.75 Å². The van der Waals surface area contributed by atoms with Gasteiger partial charge in [0.1, 0.15) is 5.75 Å². The highest BCUT2D eigenvalue weighted by atomic mass is 16.5. The van der Waals surface area contributed by atoms with Gasteiger partial charge in [-0.3, -0.25) is 4.90 Å². The Kier molecular flexibility index (Phi) is 6.14. The molecule has 3 heterocycles. The first kappa shape index (κ1) is 20.7. The first-order chi connectivity index (χ1) is 15.8. The highest BCUT2D eigenvalue weighted by Gasteiger charge is 2.20. The smallest absolute Gasteiger partial charge is 0.153 e. The zero-order valence-corrected chi connectivity index (χ0v) is 18.4. The van der Waals surface area contributed by atoms with Gasteiger partial charge in [0.15, 0.2) is 5.65 Å². The number of imidazole rings is 1. The molecule has 0 unspecified atom stereocenters. The number of methoxy groups -OCH3 is 1. The maximum atomic E-state index is 5.94. The summed E-state index contributed by atoms with van der Waals surface area (Å²) >= 11 is 0. The molecule has 4 aromatic rings. The van der Waals surface area contributed by atoms with Gasteiger partial charge < -0.3 is 9.47 Å². The van der Waals surface area contributed by atoms with E-state index in [0.29, 0.717) is 5.92 Å². The third kappa shape index (κ3) is 4.66. The number of fused-ring (bicyclic) bond motifs is 1. The lowest BCUT2D eigenvalue weighted by Crippen LogP contribution is -2.30. The second-order valence-corrected chi connectivity index (χ2v) is 8.34. The Labute approximate surface area is 188 Å². The summed E-state index contributed by atoms with van der Waals surface area (Å²) < 4.78 is 13.3. The van der Waals surface area contributed by atoms with Crippen LogP contribution in [0.25, 0.3) is 16.8 Å². The van der Waals surface area contributed by atoms with Gasteiger partial charge in [-0.2, -0.15) is 5.10 Å². The lowest BCUT2D eigenvalue weighted by Gasteiger charge is -2.23. The highest BCUT2D eigenvalue weighted by Crippen LogP contribution is 2.30. The molecule has 32 heavy (non-hydrogen) atoms. The van der Waals surface area contributed by atoms with Gasteiger partial charge in [0.2, 0.25) is 0 Å². The fourth-order valence-electron chi connectivity index (χ4n) is 4.46. The van der Waals surface area contributed by atoms with Crippen molar-refractivity contribution in [3.8, 4) is 16.9 Å². The summed E-state index contributed by atoms with van der Waals surface area (Å²) in [5, 5.41) is 4.70. The molecule has 1 atom stereocenters. The van der Waals surface area contributed by atoms with Crippen molar-refractivity contribution in [1.82, 2.24) is 19.5 Å². The Morgan fingerprint density at radius 1 is 1.09 bits per heavy atom. The molecule has 6 nitrogen and oxygen atoms in total. The summed E-state index contributed by atoms with van der Waals surface area (Å²) in [4.78, 5) is 6.77. The van der Waals surface area contributed by atoms with Gasteiger partial charge >= 0.3 is 0 Å². The van der Waals surface area contributed by atoms with Gasteiger partial charge in [-0.1, -0.05) is 36.4 Å². The molecule has 6 heteroatoms. The lowest BCUT2D eigenvalue weighted by atomic mass is 10.0. The van der Waals surface area contributed by atoms with E-state index in [1.54, 1.807) is 13.3 Å². The SMILES string of the molecule is COc1ccccc1-c1cccc(CN2CCOC[C@@H](Cc3ccc4nccn4n3)C2)c1. The van der Waals surface area contributed by atoms with Gasteiger partial charge in [-0.05, 0) is 41.8 Å². The fourth-order valence-corrected chi connectivity index (χ4v) is 4.46. The van der Waals surface area contributed by atoms with E-state index in [-0.39, 0.29) is 0 Å². The predicted molar refractivity (Wildman–Crippen MR) is 125 cm³/mol. The standard InChI is InChI=1S/C26H28N4O2/c1-31-25-8-3-2-7-24(25)22-6-4-5-20(15-22)17-29-13-14-32-19-21(18-29)16-23-9-10-26-27-11-12-30(26)28-23/h2-12,15,21H,13-14,16-19H2,1H3/t21-/m0/s1. The van der Waals surface area contributed by atoms with Gasteiger partial charge in [-0.15, -0.1) is 0 Å². The van der Waals surface area contributed by atoms with E-state index in [1.807, 2.05) is 28.9 Å². The summed E-state index contributed by atoms with van der Waals surface area (Å²) in [6.07, 6.45) is 4.57. The zero-order chi connectivity index (χ0) is 21.8. The molecule has 0 radical (unpaired) electrons. The summed E-state index contributed by atoms with van der Waals surface area (Å²) in [7, 11) is 1.72. The molecular weight excluding hydrogens is 400 g/mol. The number of benzene rings is 2. The van der Waals surface area contributed by atoms with Crippen molar-refractivity contribution in [2.45, 2.75) is 13.0 Å². The Morgan fingerprint density at radius 2 is 2.03 bits per heavy atom. The average Bonchev–Trinajstić information content (AvgIpc) is 3.19. The molecule has 164 valence electrons. The summed E-state index contributed by atoms with van der Waals surface area (Å²) in [5.74, 6) is 1.30. The molecule has 5 rings (SSSR count). The first-order valence-corrected chi connectivity index (χ1v) is 11.1. The van der Waals surface area contributed by atoms with Crippen LogP contribution in [-0.2, 0) is 17.7 Å². The fraction of sp³-hybridized carbons (Fsp3) is 0.308. The van der Waals surface area contributed by atoms with Crippen LogP contribution in [0.2, 0.25) is 0 Å². The van der Waals surface area contributed by atoms with Crippen molar-refractivity contribution in [3.63, 3.8) is 0 Å². The molecule has 0 saturated carbocycles. The van der Waals surface area contributed by atoms with E-state index < -0.39 is 0 Å². The largest absolute Gasteiger partial charge is 0.496 e. The molecule has 0 bridgehead atoms. The van der Waals surface area contributed by atoms with E-state index in [1.165, 1.54) is 11.1 Å². The van der Waals surface area contributed by atoms with Crippen molar-refractivity contribution in [1.29, 1.82) is 0 Å². The van der Waals surface area contributed by atoms with Crippen LogP contribution in [0.1, 0.15) is 11.3 Å². The van der Waals surface area contributed by atoms with E-state index in [0.717, 1.165) is 61.9 Å². The highest BCUT2D eigenvalue weighted by molar-refractivity contribution is 5.70. The Hall–Kier alpha value is -3.22. The normalized spacial score (nSPS) is 17.3. The van der Waals surface area contributed by atoms with Crippen LogP contribution in [0.4, 0.5) is 0 Å². The second kappa shape index (κ2) is 9.51. The van der Waals surface area contributed by atoms with Gasteiger partial charge in [0.25, 0.3) is 0 Å². The van der Waals surface area contributed by atoms with Crippen molar-refractivity contribution in [3.05, 3.63) is 84.3 Å². The molecule has 2 aromatic carbocycles.